The molecule has 0 aliphatic carbocycles. The van der Waals surface area contributed by atoms with Gasteiger partial charge in [-0.05, 0) is 35.7 Å². The average Bonchev–Trinajstić information content (AvgIpc) is 3.33. The van der Waals surface area contributed by atoms with E-state index in [4.69, 9.17) is 9.47 Å². The highest BCUT2D eigenvalue weighted by Crippen LogP contribution is 2.33. The molecule has 0 saturated carbocycles. The Kier molecular flexibility index (Phi) is 4.94. The van der Waals surface area contributed by atoms with Crippen LogP contribution in [0, 0.1) is 5.92 Å². The van der Waals surface area contributed by atoms with Gasteiger partial charge in [0.15, 0.2) is 11.5 Å². The molecule has 0 bridgehead atoms. The monoisotopic (exact) mass is 380 g/mol. The minimum Gasteiger partial charge on any atom is -0.454 e. The van der Waals surface area contributed by atoms with E-state index in [1.54, 1.807) is 16.8 Å². The van der Waals surface area contributed by atoms with Crippen LogP contribution in [0.3, 0.4) is 0 Å². The Morgan fingerprint density at radius 3 is 2.79 bits per heavy atom. The normalized spacial score (nSPS) is 17.9. The Morgan fingerprint density at radius 2 is 1.96 bits per heavy atom. The van der Waals surface area contributed by atoms with Gasteiger partial charge in [-0.25, -0.2) is 0 Å². The molecule has 1 atom stereocenters. The first-order valence-corrected chi connectivity index (χ1v) is 9.58. The zero-order chi connectivity index (χ0) is 19.7. The molecule has 146 valence electrons. The van der Waals surface area contributed by atoms with E-state index in [0.717, 1.165) is 29.0 Å². The third-order valence-electron chi connectivity index (χ3n) is 5.37. The summed E-state index contributed by atoms with van der Waals surface area (Å²) in [5.41, 5.74) is 3.01. The molecule has 2 aromatic rings. The number of ether oxygens (including phenoxy) is 2. The molecular weight excluding hydrogens is 356 g/mol. The summed E-state index contributed by atoms with van der Waals surface area (Å²) in [4.78, 5) is 29.0. The fourth-order valence-corrected chi connectivity index (χ4v) is 3.88. The van der Waals surface area contributed by atoms with E-state index in [9.17, 15) is 9.59 Å². The number of amides is 2. The van der Waals surface area contributed by atoms with Crippen molar-refractivity contribution < 1.29 is 19.1 Å². The zero-order valence-electron chi connectivity index (χ0n) is 16.2. The third kappa shape index (κ3) is 3.42. The van der Waals surface area contributed by atoms with Gasteiger partial charge in [-0.1, -0.05) is 31.2 Å². The lowest BCUT2D eigenvalue weighted by atomic mass is 10.1. The van der Waals surface area contributed by atoms with E-state index in [1.807, 2.05) is 42.5 Å². The van der Waals surface area contributed by atoms with Crippen molar-refractivity contribution >= 4 is 17.5 Å². The first kappa shape index (κ1) is 18.3. The Balaban J connectivity index is 1.44. The van der Waals surface area contributed by atoms with Crippen LogP contribution in [0.5, 0.6) is 11.5 Å². The fraction of sp³-hybridized carbons (Fsp3) is 0.364. The van der Waals surface area contributed by atoms with Gasteiger partial charge < -0.3 is 19.3 Å². The number of nitrogens with zero attached hydrogens (tertiary/aromatic N) is 2. The highest BCUT2D eigenvalue weighted by atomic mass is 16.7. The number of aryl methyl sites for hydroxylation is 1. The Bertz CT molecular complexity index is 911. The van der Waals surface area contributed by atoms with Gasteiger partial charge in [0.05, 0.1) is 5.92 Å². The van der Waals surface area contributed by atoms with Crippen LogP contribution in [0.25, 0.3) is 0 Å². The van der Waals surface area contributed by atoms with E-state index < -0.39 is 0 Å². The predicted molar refractivity (Wildman–Crippen MR) is 105 cm³/mol. The molecule has 2 heterocycles. The minimum atomic E-state index is -0.323. The summed E-state index contributed by atoms with van der Waals surface area (Å²) in [6.45, 7) is 3.19. The predicted octanol–water partition coefficient (Wildman–Crippen LogP) is 2.99. The van der Waals surface area contributed by atoms with Crippen LogP contribution in [0.4, 0.5) is 5.69 Å². The summed E-state index contributed by atoms with van der Waals surface area (Å²) in [6, 6.07) is 13.6. The molecule has 2 aromatic carbocycles. The number of fused-ring (bicyclic) bond motifs is 1. The maximum Gasteiger partial charge on any atom is 0.231 e. The molecule has 0 radical (unpaired) electrons. The second kappa shape index (κ2) is 7.54. The van der Waals surface area contributed by atoms with Crippen LogP contribution in [-0.2, 0) is 22.6 Å². The lowest BCUT2D eigenvalue weighted by Gasteiger charge is -2.22. The summed E-state index contributed by atoms with van der Waals surface area (Å²) in [7, 11) is 1.78. The SMILES string of the molecule is CCc1ccccc1N1C[C@H](C(=O)N(C)Cc2ccc3c(c2)OCO3)CC1=O. The summed E-state index contributed by atoms with van der Waals surface area (Å²) < 4.78 is 10.7. The van der Waals surface area contributed by atoms with E-state index in [0.29, 0.717) is 18.8 Å². The average molecular weight is 380 g/mol. The van der Waals surface area contributed by atoms with Crippen molar-refractivity contribution in [1.29, 1.82) is 0 Å². The lowest BCUT2D eigenvalue weighted by molar-refractivity contribution is -0.135. The van der Waals surface area contributed by atoms with E-state index in [-0.39, 0.29) is 30.9 Å². The van der Waals surface area contributed by atoms with Crippen molar-refractivity contribution in [3.63, 3.8) is 0 Å². The van der Waals surface area contributed by atoms with Crippen molar-refractivity contribution in [2.45, 2.75) is 26.3 Å². The number of hydrogen-bond acceptors (Lipinski definition) is 4. The van der Waals surface area contributed by atoms with Gasteiger partial charge in [0.1, 0.15) is 0 Å². The molecule has 0 spiro atoms. The summed E-state index contributed by atoms with van der Waals surface area (Å²) in [6.07, 6.45) is 1.10. The number of carbonyl (C=O) groups excluding carboxylic acids is 2. The smallest absolute Gasteiger partial charge is 0.231 e. The molecule has 1 saturated heterocycles. The third-order valence-corrected chi connectivity index (χ3v) is 5.37. The Hall–Kier alpha value is -3.02. The second-order valence-electron chi connectivity index (χ2n) is 7.27. The van der Waals surface area contributed by atoms with Gasteiger partial charge in [-0.15, -0.1) is 0 Å². The molecule has 2 aliphatic rings. The molecule has 0 unspecified atom stereocenters. The largest absolute Gasteiger partial charge is 0.454 e. The summed E-state index contributed by atoms with van der Waals surface area (Å²) in [5, 5.41) is 0. The molecule has 4 rings (SSSR count). The highest BCUT2D eigenvalue weighted by Gasteiger charge is 2.37. The zero-order valence-corrected chi connectivity index (χ0v) is 16.2. The van der Waals surface area contributed by atoms with Crippen LogP contribution in [0.15, 0.2) is 42.5 Å². The van der Waals surface area contributed by atoms with Crippen LogP contribution >= 0.6 is 0 Å². The van der Waals surface area contributed by atoms with Crippen molar-refractivity contribution in [2.75, 3.05) is 25.3 Å². The Morgan fingerprint density at radius 1 is 1.18 bits per heavy atom. The molecule has 2 aliphatic heterocycles. The molecule has 6 heteroatoms. The van der Waals surface area contributed by atoms with Crippen LogP contribution in [0.2, 0.25) is 0 Å². The van der Waals surface area contributed by atoms with Gasteiger partial charge in [-0.3, -0.25) is 9.59 Å². The molecule has 6 nitrogen and oxygen atoms in total. The topological polar surface area (TPSA) is 59.1 Å². The quantitative estimate of drug-likeness (QED) is 0.800. The van der Waals surface area contributed by atoms with Gasteiger partial charge in [0.2, 0.25) is 18.6 Å². The van der Waals surface area contributed by atoms with Crippen molar-refractivity contribution in [3.8, 4) is 11.5 Å². The molecule has 0 aromatic heterocycles. The molecule has 1 fully saturated rings. The number of hydrogen-bond donors (Lipinski definition) is 0. The number of anilines is 1. The number of benzene rings is 2. The van der Waals surface area contributed by atoms with E-state index in [2.05, 4.69) is 6.92 Å². The Labute approximate surface area is 164 Å². The number of carbonyl (C=O) groups is 2. The van der Waals surface area contributed by atoms with Crippen molar-refractivity contribution in [3.05, 3.63) is 53.6 Å². The molecule has 2 amide bonds. The summed E-state index contributed by atoms with van der Waals surface area (Å²) >= 11 is 0. The van der Waals surface area contributed by atoms with Crippen LogP contribution < -0.4 is 14.4 Å². The van der Waals surface area contributed by atoms with Gasteiger partial charge >= 0.3 is 0 Å². The standard InChI is InChI=1S/C22H24N2O4/c1-3-16-6-4-5-7-18(16)24-13-17(11-21(24)25)22(26)23(2)12-15-8-9-19-20(10-15)28-14-27-19/h4-10,17H,3,11-14H2,1-2H3/t17-/m1/s1. The summed E-state index contributed by atoms with van der Waals surface area (Å²) in [5.74, 6) is 1.11. The van der Waals surface area contributed by atoms with Gasteiger partial charge in [0, 0.05) is 32.2 Å². The van der Waals surface area contributed by atoms with Crippen molar-refractivity contribution in [2.24, 2.45) is 5.92 Å². The molecule has 28 heavy (non-hydrogen) atoms. The maximum absolute atomic E-state index is 13.0. The van der Waals surface area contributed by atoms with Gasteiger partial charge in [0.25, 0.3) is 0 Å². The van der Waals surface area contributed by atoms with Crippen LogP contribution in [0.1, 0.15) is 24.5 Å². The maximum atomic E-state index is 13.0. The van der Waals surface area contributed by atoms with Crippen molar-refractivity contribution in [1.82, 2.24) is 4.90 Å². The van der Waals surface area contributed by atoms with Crippen LogP contribution in [-0.4, -0.2) is 37.1 Å². The molecule has 0 N–H and O–H groups in total. The number of rotatable bonds is 5. The van der Waals surface area contributed by atoms with Gasteiger partial charge in [-0.2, -0.15) is 0 Å². The second-order valence-corrected chi connectivity index (χ2v) is 7.27. The highest BCUT2D eigenvalue weighted by molar-refractivity contribution is 6.00. The minimum absolute atomic E-state index is 0.00993. The fourth-order valence-electron chi connectivity index (χ4n) is 3.88. The van der Waals surface area contributed by atoms with E-state index >= 15 is 0 Å². The number of para-hydroxylation sites is 1. The first-order chi connectivity index (χ1) is 13.6. The van der Waals surface area contributed by atoms with E-state index in [1.165, 1.54) is 0 Å². The molecular formula is C22H24N2O4. The first-order valence-electron chi connectivity index (χ1n) is 9.58. The lowest BCUT2D eigenvalue weighted by Crippen LogP contribution is -2.34.